The van der Waals surface area contributed by atoms with Crippen LogP contribution < -0.4 is 14.2 Å². The van der Waals surface area contributed by atoms with Crippen LogP contribution in [0.2, 0.25) is 0 Å². The molecule has 1 spiro atoms. The SMILES string of the molecule is CCOc1cc2c(c(F)c1OCC)C(=N)N(CC(=O)c1cc(C(C)(C)C)c(OC)c(C(C)(C)C)c1)C21CC1. The largest absolute Gasteiger partial charge is 0.496 e. The zero-order valence-electron chi connectivity index (χ0n) is 24.2. The highest BCUT2D eigenvalue weighted by atomic mass is 19.1. The smallest absolute Gasteiger partial charge is 0.197 e. The lowest BCUT2D eigenvalue weighted by Crippen LogP contribution is -2.38. The topological polar surface area (TPSA) is 71.9 Å². The maximum atomic E-state index is 15.8. The monoisotopic (exact) mass is 524 g/mol. The molecule has 0 bridgehead atoms. The Labute approximate surface area is 226 Å². The molecule has 1 aliphatic carbocycles. The predicted molar refractivity (Wildman–Crippen MR) is 148 cm³/mol. The van der Waals surface area contributed by atoms with Gasteiger partial charge in [0, 0.05) is 16.7 Å². The van der Waals surface area contributed by atoms with E-state index in [4.69, 9.17) is 19.6 Å². The number of carbonyl (C=O) groups is 1. The van der Waals surface area contributed by atoms with E-state index < -0.39 is 11.4 Å². The van der Waals surface area contributed by atoms with Gasteiger partial charge in [0.05, 0.1) is 38.0 Å². The number of halogens is 1. The summed E-state index contributed by atoms with van der Waals surface area (Å²) in [5.74, 6) is 0.499. The van der Waals surface area contributed by atoms with Gasteiger partial charge in [0.1, 0.15) is 11.6 Å². The Morgan fingerprint density at radius 3 is 1.97 bits per heavy atom. The molecule has 2 aromatic rings. The van der Waals surface area contributed by atoms with Gasteiger partial charge in [0.2, 0.25) is 0 Å². The van der Waals surface area contributed by atoms with E-state index in [2.05, 4.69) is 41.5 Å². The Kier molecular flexibility index (Phi) is 7.04. The number of amidine groups is 1. The number of methoxy groups -OCH3 is 1. The second-order valence-electron chi connectivity index (χ2n) is 12.3. The second kappa shape index (κ2) is 9.58. The summed E-state index contributed by atoms with van der Waals surface area (Å²) < 4.78 is 32.9. The third kappa shape index (κ3) is 4.54. The Hall–Kier alpha value is -3.09. The van der Waals surface area contributed by atoms with E-state index in [1.165, 1.54) is 0 Å². The van der Waals surface area contributed by atoms with Crippen molar-refractivity contribution >= 4 is 11.6 Å². The summed E-state index contributed by atoms with van der Waals surface area (Å²) in [6.45, 7) is 16.9. The Bertz CT molecular complexity index is 1250. The molecule has 0 saturated heterocycles. The van der Waals surface area contributed by atoms with Gasteiger partial charge in [0.25, 0.3) is 0 Å². The molecule has 6 nitrogen and oxygen atoms in total. The number of hydrogen-bond acceptors (Lipinski definition) is 5. The van der Waals surface area contributed by atoms with Crippen LogP contribution in [0, 0.1) is 11.2 Å². The fraction of sp³-hybridized carbons (Fsp3) is 0.548. The molecule has 206 valence electrons. The van der Waals surface area contributed by atoms with E-state index in [-0.39, 0.29) is 46.9 Å². The van der Waals surface area contributed by atoms with Crippen molar-refractivity contribution in [1.82, 2.24) is 4.90 Å². The van der Waals surface area contributed by atoms with Crippen LogP contribution in [-0.2, 0) is 16.4 Å². The highest BCUT2D eigenvalue weighted by Crippen LogP contribution is 2.59. The van der Waals surface area contributed by atoms with Gasteiger partial charge >= 0.3 is 0 Å². The first-order valence-corrected chi connectivity index (χ1v) is 13.5. The van der Waals surface area contributed by atoms with Crippen LogP contribution in [0.3, 0.4) is 0 Å². The van der Waals surface area contributed by atoms with Crippen molar-refractivity contribution in [3.8, 4) is 17.2 Å². The lowest BCUT2D eigenvalue weighted by molar-refractivity contribution is 0.0943. The Balaban J connectivity index is 1.77. The number of Topliss-reactive ketones (excluding diaryl/α,β-unsaturated/α-hetero) is 1. The van der Waals surface area contributed by atoms with E-state index in [0.29, 0.717) is 23.5 Å². The summed E-state index contributed by atoms with van der Waals surface area (Å²) in [6, 6.07) is 5.65. The molecule has 0 aromatic heterocycles. The average molecular weight is 525 g/mol. The first kappa shape index (κ1) is 27.9. The number of fused-ring (bicyclic) bond motifs is 2. The van der Waals surface area contributed by atoms with E-state index in [1.54, 1.807) is 18.9 Å². The van der Waals surface area contributed by atoms with Crippen molar-refractivity contribution in [2.24, 2.45) is 0 Å². The van der Waals surface area contributed by atoms with Crippen molar-refractivity contribution in [1.29, 1.82) is 5.41 Å². The normalized spacial score (nSPS) is 16.1. The fourth-order valence-corrected chi connectivity index (χ4v) is 5.49. The van der Waals surface area contributed by atoms with Gasteiger partial charge in [-0.05, 0) is 61.3 Å². The fourth-order valence-electron chi connectivity index (χ4n) is 5.49. The number of rotatable bonds is 8. The van der Waals surface area contributed by atoms with E-state index >= 15 is 4.39 Å². The summed E-state index contributed by atoms with van der Waals surface area (Å²) in [5, 5.41) is 8.95. The maximum Gasteiger partial charge on any atom is 0.197 e. The highest BCUT2D eigenvalue weighted by Gasteiger charge is 2.58. The molecule has 1 saturated carbocycles. The number of hydrogen-bond donors (Lipinski definition) is 1. The first-order valence-electron chi connectivity index (χ1n) is 13.5. The molecule has 0 unspecified atom stereocenters. The quantitative estimate of drug-likeness (QED) is 0.387. The van der Waals surface area contributed by atoms with Crippen LogP contribution in [0.5, 0.6) is 17.2 Å². The molecule has 0 radical (unpaired) electrons. The standard InChI is InChI=1S/C31H41FN2O4/c1-10-37-23-16-19-24(25(32)27(23)38-11-2)28(33)34(31(19)12-13-31)17-22(35)18-14-20(29(3,4)5)26(36-9)21(15-18)30(6,7)8/h14-16,33H,10-13,17H2,1-9H3. The molecular formula is C31H41FN2O4. The minimum absolute atomic E-state index is 0.0135. The Morgan fingerprint density at radius 1 is 0.974 bits per heavy atom. The summed E-state index contributed by atoms with van der Waals surface area (Å²) in [7, 11) is 1.67. The van der Waals surface area contributed by atoms with Crippen LogP contribution >= 0.6 is 0 Å². The zero-order chi connectivity index (χ0) is 28.2. The van der Waals surface area contributed by atoms with Gasteiger partial charge < -0.3 is 19.1 Å². The number of ether oxygens (including phenoxy) is 3. The van der Waals surface area contributed by atoms with Crippen molar-refractivity contribution < 1.29 is 23.4 Å². The van der Waals surface area contributed by atoms with Crippen molar-refractivity contribution in [3.63, 3.8) is 0 Å². The van der Waals surface area contributed by atoms with Gasteiger partial charge in [-0.1, -0.05) is 41.5 Å². The van der Waals surface area contributed by atoms with Crippen LogP contribution in [0.25, 0.3) is 0 Å². The minimum atomic E-state index is -0.589. The molecule has 1 N–H and O–H groups in total. The summed E-state index contributed by atoms with van der Waals surface area (Å²) in [6.07, 6.45) is 1.50. The molecule has 4 rings (SSSR count). The minimum Gasteiger partial charge on any atom is -0.496 e. The number of carbonyl (C=O) groups excluding carboxylic acids is 1. The van der Waals surface area contributed by atoms with Crippen LogP contribution in [0.4, 0.5) is 4.39 Å². The second-order valence-corrected chi connectivity index (χ2v) is 12.3. The Morgan fingerprint density at radius 2 is 1.53 bits per heavy atom. The van der Waals surface area contributed by atoms with Crippen molar-refractivity contribution in [2.75, 3.05) is 26.9 Å². The van der Waals surface area contributed by atoms with Gasteiger partial charge in [-0.15, -0.1) is 0 Å². The molecule has 1 aliphatic heterocycles. The van der Waals surface area contributed by atoms with E-state index in [9.17, 15) is 4.79 Å². The molecule has 0 atom stereocenters. The number of nitrogens with zero attached hydrogens (tertiary/aromatic N) is 1. The van der Waals surface area contributed by atoms with Gasteiger partial charge in [-0.3, -0.25) is 10.2 Å². The third-order valence-corrected chi connectivity index (χ3v) is 7.56. The number of benzene rings is 2. The lowest BCUT2D eigenvalue weighted by atomic mass is 9.78. The molecule has 7 heteroatoms. The van der Waals surface area contributed by atoms with Gasteiger partial charge in [-0.2, -0.15) is 0 Å². The molecule has 1 fully saturated rings. The van der Waals surface area contributed by atoms with Gasteiger partial charge in [0.15, 0.2) is 23.1 Å². The van der Waals surface area contributed by atoms with Gasteiger partial charge in [-0.25, -0.2) is 4.39 Å². The summed E-state index contributed by atoms with van der Waals surface area (Å²) in [5.41, 5.74) is 2.37. The summed E-state index contributed by atoms with van der Waals surface area (Å²) >= 11 is 0. The molecule has 0 amide bonds. The number of ketones is 1. The maximum absolute atomic E-state index is 15.8. The van der Waals surface area contributed by atoms with Crippen LogP contribution in [-0.4, -0.2) is 43.4 Å². The zero-order valence-corrected chi connectivity index (χ0v) is 24.2. The molecule has 2 aromatic carbocycles. The first-order chi connectivity index (χ1) is 17.7. The number of nitrogens with one attached hydrogen (secondary N) is 1. The molecule has 38 heavy (non-hydrogen) atoms. The predicted octanol–water partition coefficient (Wildman–Crippen LogP) is 6.74. The molecule has 2 aliphatic rings. The summed E-state index contributed by atoms with van der Waals surface area (Å²) in [4.78, 5) is 15.6. The highest BCUT2D eigenvalue weighted by molar-refractivity contribution is 6.07. The lowest BCUT2D eigenvalue weighted by Gasteiger charge is -2.30. The van der Waals surface area contributed by atoms with Crippen LogP contribution in [0.15, 0.2) is 18.2 Å². The van der Waals surface area contributed by atoms with Crippen LogP contribution in [0.1, 0.15) is 101 Å². The van der Waals surface area contributed by atoms with E-state index in [0.717, 1.165) is 29.7 Å². The van der Waals surface area contributed by atoms with E-state index in [1.807, 2.05) is 25.1 Å². The van der Waals surface area contributed by atoms with Crippen molar-refractivity contribution in [3.05, 3.63) is 51.8 Å². The molecular weight excluding hydrogens is 483 g/mol. The third-order valence-electron chi connectivity index (χ3n) is 7.56. The molecule has 1 heterocycles. The van der Waals surface area contributed by atoms with Crippen molar-refractivity contribution in [2.45, 2.75) is 84.6 Å². The average Bonchev–Trinajstić information content (AvgIpc) is 3.59.